The maximum absolute atomic E-state index is 11.9. The first-order valence-electron chi connectivity index (χ1n) is 6.20. The molecular weight excluding hydrogens is 262 g/mol. The zero-order valence-corrected chi connectivity index (χ0v) is 11.5. The molecule has 100 valence electrons. The van der Waals surface area contributed by atoms with Crippen LogP contribution in [0.15, 0.2) is 47.1 Å². The Hall–Kier alpha value is -1.74. The van der Waals surface area contributed by atoms with Gasteiger partial charge in [0.2, 0.25) is 5.91 Å². The fourth-order valence-electron chi connectivity index (χ4n) is 1.92. The molecule has 0 aliphatic carbocycles. The average molecular weight is 278 g/mol. The molecule has 1 unspecified atom stereocenters. The molecule has 4 heteroatoms. The molecule has 0 aliphatic rings. The number of benzene rings is 1. The van der Waals surface area contributed by atoms with E-state index in [-0.39, 0.29) is 11.9 Å². The van der Waals surface area contributed by atoms with Gasteiger partial charge in [0.1, 0.15) is 5.76 Å². The smallest absolute Gasteiger partial charge is 0.224 e. The number of furan rings is 1. The Labute approximate surface area is 117 Å². The Kier molecular flexibility index (Phi) is 4.63. The van der Waals surface area contributed by atoms with Gasteiger partial charge in [-0.25, -0.2) is 0 Å². The topological polar surface area (TPSA) is 42.2 Å². The van der Waals surface area contributed by atoms with Crippen molar-refractivity contribution in [2.24, 2.45) is 0 Å². The lowest BCUT2D eigenvalue weighted by atomic mass is 10.1. The molecule has 1 N–H and O–H groups in total. The van der Waals surface area contributed by atoms with E-state index >= 15 is 0 Å². The number of halogens is 1. The van der Waals surface area contributed by atoms with Gasteiger partial charge in [0.15, 0.2) is 0 Å². The summed E-state index contributed by atoms with van der Waals surface area (Å²) in [5.74, 6) is 0.831. The largest absolute Gasteiger partial charge is 0.469 e. The van der Waals surface area contributed by atoms with Gasteiger partial charge in [0, 0.05) is 17.5 Å². The maximum Gasteiger partial charge on any atom is 0.224 e. The standard InChI is InChI=1S/C15H16ClNO2/c1-11(9-13-6-4-8-19-13)17-15(18)10-12-5-2-3-7-14(12)16/h2-8,11H,9-10H2,1H3,(H,17,18). The van der Waals surface area contributed by atoms with E-state index < -0.39 is 0 Å². The summed E-state index contributed by atoms with van der Waals surface area (Å²) in [6.07, 6.45) is 2.61. The highest BCUT2D eigenvalue weighted by molar-refractivity contribution is 6.31. The molecule has 0 bridgehead atoms. The van der Waals surface area contributed by atoms with E-state index in [4.69, 9.17) is 16.0 Å². The zero-order valence-electron chi connectivity index (χ0n) is 10.7. The molecule has 1 heterocycles. The second-order valence-corrected chi connectivity index (χ2v) is 4.93. The third-order valence-corrected chi connectivity index (χ3v) is 3.17. The average Bonchev–Trinajstić information content (AvgIpc) is 2.84. The molecule has 1 amide bonds. The number of carbonyl (C=O) groups excluding carboxylic acids is 1. The van der Waals surface area contributed by atoms with Crippen LogP contribution in [0.1, 0.15) is 18.2 Å². The summed E-state index contributed by atoms with van der Waals surface area (Å²) in [7, 11) is 0. The summed E-state index contributed by atoms with van der Waals surface area (Å²) in [5.41, 5.74) is 0.840. The first-order chi connectivity index (χ1) is 9.15. The predicted octanol–water partition coefficient (Wildman–Crippen LogP) is 3.22. The number of carbonyl (C=O) groups is 1. The zero-order chi connectivity index (χ0) is 13.7. The Bertz CT molecular complexity index is 537. The first-order valence-corrected chi connectivity index (χ1v) is 6.58. The van der Waals surface area contributed by atoms with Crippen molar-refractivity contribution in [1.82, 2.24) is 5.32 Å². The molecule has 1 aromatic heterocycles. The lowest BCUT2D eigenvalue weighted by Gasteiger charge is -2.13. The molecule has 0 saturated heterocycles. The molecule has 2 aromatic rings. The third kappa shape index (κ3) is 4.14. The minimum absolute atomic E-state index is 0.0288. The van der Waals surface area contributed by atoms with Crippen molar-refractivity contribution in [3.05, 3.63) is 59.0 Å². The van der Waals surface area contributed by atoms with Crippen LogP contribution in [0, 0.1) is 0 Å². The van der Waals surface area contributed by atoms with Crippen LogP contribution in [0.5, 0.6) is 0 Å². The van der Waals surface area contributed by atoms with Crippen LogP contribution in [-0.4, -0.2) is 11.9 Å². The number of nitrogens with one attached hydrogen (secondary N) is 1. The normalized spacial score (nSPS) is 12.1. The molecule has 1 aromatic carbocycles. The number of hydrogen-bond donors (Lipinski definition) is 1. The van der Waals surface area contributed by atoms with Crippen LogP contribution in [0.4, 0.5) is 0 Å². The molecule has 3 nitrogen and oxygen atoms in total. The van der Waals surface area contributed by atoms with Crippen LogP contribution in [-0.2, 0) is 17.6 Å². The minimum Gasteiger partial charge on any atom is -0.469 e. The van der Waals surface area contributed by atoms with E-state index in [0.717, 1.165) is 11.3 Å². The highest BCUT2D eigenvalue weighted by Crippen LogP contribution is 2.15. The fourth-order valence-corrected chi connectivity index (χ4v) is 2.12. The van der Waals surface area contributed by atoms with Crippen LogP contribution in [0.3, 0.4) is 0 Å². The van der Waals surface area contributed by atoms with Crippen molar-refractivity contribution < 1.29 is 9.21 Å². The van der Waals surface area contributed by atoms with E-state index in [1.54, 1.807) is 12.3 Å². The lowest BCUT2D eigenvalue weighted by molar-refractivity contribution is -0.121. The van der Waals surface area contributed by atoms with Crippen molar-refractivity contribution in [2.45, 2.75) is 25.8 Å². The summed E-state index contributed by atoms with van der Waals surface area (Å²) in [5, 5.41) is 3.56. The summed E-state index contributed by atoms with van der Waals surface area (Å²) >= 11 is 6.02. The van der Waals surface area contributed by atoms with Crippen molar-refractivity contribution in [3.8, 4) is 0 Å². The van der Waals surface area contributed by atoms with Gasteiger partial charge >= 0.3 is 0 Å². The number of amides is 1. The van der Waals surface area contributed by atoms with Gasteiger partial charge in [-0.3, -0.25) is 4.79 Å². The summed E-state index contributed by atoms with van der Waals surface area (Å²) in [4.78, 5) is 11.9. The molecule has 19 heavy (non-hydrogen) atoms. The monoisotopic (exact) mass is 277 g/mol. The molecule has 0 saturated carbocycles. The van der Waals surface area contributed by atoms with Gasteiger partial charge in [-0.15, -0.1) is 0 Å². The maximum atomic E-state index is 11.9. The van der Waals surface area contributed by atoms with E-state index in [9.17, 15) is 4.79 Å². The Morgan fingerprint density at radius 1 is 1.32 bits per heavy atom. The van der Waals surface area contributed by atoms with Gasteiger partial charge in [-0.2, -0.15) is 0 Å². The molecule has 0 radical (unpaired) electrons. The van der Waals surface area contributed by atoms with Crippen molar-refractivity contribution in [1.29, 1.82) is 0 Å². The molecule has 0 fully saturated rings. The predicted molar refractivity (Wildman–Crippen MR) is 75.2 cm³/mol. The van der Waals surface area contributed by atoms with Crippen molar-refractivity contribution >= 4 is 17.5 Å². The van der Waals surface area contributed by atoms with Gasteiger partial charge in [0.25, 0.3) is 0 Å². The molecule has 0 spiro atoms. The van der Waals surface area contributed by atoms with Crippen molar-refractivity contribution in [3.63, 3.8) is 0 Å². The second-order valence-electron chi connectivity index (χ2n) is 4.52. The molecule has 2 rings (SSSR count). The number of rotatable bonds is 5. The van der Waals surface area contributed by atoms with Gasteiger partial charge < -0.3 is 9.73 Å². The van der Waals surface area contributed by atoms with E-state index in [1.165, 1.54) is 0 Å². The number of hydrogen-bond acceptors (Lipinski definition) is 2. The van der Waals surface area contributed by atoms with Gasteiger partial charge in [-0.1, -0.05) is 29.8 Å². The van der Waals surface area contributed by atoms with Crippen LogP contribution >= 0.6 is 11.6 Å². The minimum atomic E-state index is -0.0350. The molecular formula is C15H16ClNO2. The summed E-state index contributed by atoms with van der Waals surface area (Å²) in [6, 6.07) is 11.1. The molecule has 1 atom stereocenters. The van der Waals surface area contributed by atoms with Crippen LogP contribution in [0.2, 0.25) is 5.02 Å². The highest BCUT2D eigenvalue weighted by atomic mass is 35.5. The van der Waals surface area contributed by atoms with Crippen LogP contribution < -0.4 is 5.32 Å². The fraction of sp³-hybridized carbons (Fsp3) is 0.267. The Morgan fingerprint density at radius 3 is 2.79 bits per heavy atom. The first kappa shape index (κ1) is 13.7. The third-order valence-electron chi connectivity index (χ3n) is 2.80. The Balaban J connectivity index is 1.86. The lowest BCUT2D eigenvalue weighted by Crippen LogP contribution is -2.35. The summed E-state index contributed by atoms with van der Waals surface area (Å²) in [6.45, 7) is 1.95. The van der Waals surface area contributed by atoms with Crippen LogP contribution in [0.25, 0.3) is 0 Å². The Morgan fingerprint density at radius 2 is 2.11 bits per heavy atom. The molecule has 0 aliphatic heterocycles. The highest BCUT2D eigenvalue weighted by Gasteiger charge is 2.11. The van der Waals surface area contributed by atoms with Crippen molar-refractivity contribution in [2.75, 3.05) is 0 Å². The second kappa shape index (κ2) is 6.43. The quantitative estimate of drug-likeness (QED) is 0.912. The van der Waals surface area contributed by atoms with E-state index in [2.05, 4.69) is 5.32 Å². The van der Waals surface area contributed by atoms with Gasteiger partial charge in [-0.05, 0) is 30.7 Å². The van der Waals surface area contributed by atoms with E-state index in [1.807, 2.05) is 37.3 Å². The SMILES string of the molecule is CC(Cc1ccco1)NC(=O)Cc1ccccc1Cl. The summed E-state index contributed by atoms with van der Waals surface area (Å²) < 4.78 is 5.25. The van der Waals surface area contributed by atoms with E-state index in [0.29, 0.717) is 17.9 Å². The van der Waals surface area contributed by atoms with Gasteiger partial charge in [0.05, 0.1) is 12.7 Å².